The molecule has 1 saturated carbocycles. The summed E-state index contributed by atoms with van der Waals surface area (Å²) in [6, 6.07) is 0. The molecule has 1 aromatic rings. The van der Waals surface area contributed by atoms with Crippen LogP contribution in [0, 0.1) is 5.41 Å². The van der Waals surface area contributed by atoms with Crippen LogP contribution in [0.3, 0.4) is 0 Å². The van der Waals surface area contributed by atoms with Gasteiger partial charge < -0.3 is 19.9 Å². The van der Waals surface area contributed by atoms with Gasteiger partial charge in [-0.05, 0) is 37.5 Å². The van der Waals surface area contributed by atoms with Crippen molar-refractivity contribution in [1.82, 2.24) is 25.4 Å². The highest BCUT2D eigenvalue weighted by Crippen LogP contribution is 2.40. The minimum Gasteiger partial charge on any atom is -0.385 e. The van der Waals surface area contributed by atoms with Gasteiger partial charge >= 0.3 is 0 Å². The summed E-state index contributed by atoms with van der Waals surface area (Å²) in [6.07, 6.45) is 9.79. The molecule has 0 bridgehead atoms. The Kier molecular flexibility index (Phi) is 6.29. The number of nitrogens with one attached hydrogen (secondary N) is 2. The Balaban J connectivity index is 1.52. The van der Waals surface area contributed by atoms with Crippen molar-refractivity contribution in [3.8, 4) is 0 Å². The van der Waals surface area contributed by atoms with Crippen LogP contribution in [0.15, 0.2) is 4.99 Å². The average molecular weight is 348 g/mol. The highest BCUT2D eigenvalue weighted by Gasteiger charge is 2.33. The maximum Gasteiger partial charge on any atom is 0.191 e. The summed E-state index contributed by atoms with van der Waals surface area (Å²) in [6.45, 7) is 3.48. The van der Waals surface area contributed by atoms with E-state index < -0.39 is 0 Å². The van der Waals surface area contributed by atoms with Crippen molar-refractivity contribution in [2.75, 3.05) is 27.3 Å². The summed E-state index contributed by atoms with van der Waals surface area (Å²) >= 11 is 0. The van der Waals surface area contributed by atoms with E-state index in [9.17, 15) is 0 Å². The van der Waals surface area contributed by atoms with Gasteiger partial charge in [-0.3, -0.25) is 4.99 Å². The van der Waals surface area contributed by atoms with Crippen molar-refractivity contribution in [2.45, 2.75) is 64.5 Å². The molecule has 7 heteroatoms. The van der Waals surface area contributed by atoms with Gasteiger partial charge in [-0.25, -0.2) is 0 Å². The molecule has 0 spiro atoms. The fourth-order valence-corrected chi connectivity index (χ4v) is 4.11. The van der Waals surface area contributed by atoms with E-state index in [-0.39, 0.29) is 0 Å². The molecule has 2 heterocycles. The fourth-order valence-electron chi connectivity index (χ4n) is 4.11. The molecule has 1 fully saturated rings. The summed E-state index contributed by atoms with van der Waals surface area (Å²) in [7, 11) is 3.61. The smallest absolute Gasteiger partial charge is 0.191 e. The predicted octanol–water partition coefficient (Wildman–Crippen LogP) is 1.88. The Morgan fingerprint density at radius 3 is 2.80 bits per heavy atom. The van der Waals surface area contributed by atoms with Crippen LogP contribution in [-0.2, 0) is 24.2 Å². The summed E-state index contributed by atoms with van der Waals surface area (Å²) in [4.78, 5) is 4.38. The number of hydrogen-bond acceptors (Lipinski definition) is 4. The molecule has 25 heavy (non-hydrogen) atoms. The summed E-state index contributed by atoms with van der Waals surface area (Å²) < 4.78 is 7.57. The summed E-state index contributed by atoms with van der Waals surface area (Å²) in [5, 5.41) is 15.6. The SMILES string of the molecule is CN=C(NCc1nnc2n1CCCC2)NCC1(CCOC)CCCC1. The molecule has 3 rings (SSSR count). The van der Waals surface area contributed by atoms with Crippen molar-refractivity contribution in [3.63, 3.8) is 0 Å². The van der Waals surface area contributed by atoms with Gasteiger partial charge in [0.15, 0.2) is 11.8 Å². The Morgan fingerprint density at radius 2 is 2.04 bits per heavy atom. The van der Waals surface area contributed by atoms with Gasteiger partial charge in [0.2, 0.25) is 0 Å². The number of ether oxygens (including phenoxy) is 1. The lowest BCUT2D eigenvalue weighted by Gasteiger charge is -2.30. The first-order valence-corrected chi connectivity index (χ1v) is 9.61. The van der Waals surface area contributed by atoms with Crippen LogP contribution >= 0.6 is 0 Å². The Labute approximate surface area is 150 Å². The minimum atomic E-state index is 0.349. The molecule has 0 amide bonds. The van der Waals surface area contributed by atoms with Crippen molar-refractivity contribution in [1.29, 1.82) is 0 Å². The molecule has 0 aromatic carbocycles. The van der Waals surface area contributed by atoms with Crippen LogP contribution in [0.2, 0.25) is 0 Å². The lowest BCUT2D eigenvalue weighted by molar-refractivity contribution is 0.138. The first-order chi connectivity index (χ1) is 12.3. The Morgan fingerprint density at radius 1 is 1.20 bits per heavy atom. The summed E-state index contributed by atoms with van der Waals surface area (Å²) in [5.41, 5.74) is 0.349. The highest BCUT2D eigenvalue weighted by molar-refractivity contribution is 5.79. The van der Waals surface area contributed by atoms with Gasteiger partial charge in [0.1, 0.15) is 5.82 Å². The number of aromatic nitrogens is 3. The number of fused-ring (bicyclic) bond motifs is 1. The lowest BCUT2D eigenvalue weighted by Crippen LogP contribution is -2.43. The van der Waals surface area contributed by atoms with Crippen LogP contribution in [0.5, 0.6) is 0 Å². The number of aliphatic imine (C=N–C) groups is 1. The third-order valence-corrected chi connectivity index (χ3v) is 5.71. The molecular formula is C18H32N6O. The fraction of sp³-hybridized carbons (Fsp3) is 0.833. The molecule has 2 N–H and O–H groups in total. The maximum absolute atomic E-state index is 5.32. The molecular weight excluding hydrogens is 316 g/mol. The third-order valence-electron chi connectivity index (χ3n) is 5.71. The second-order valence-corrected chi connectivity index (χ2v) is 7.37. The van der Waals surface area contributed by atoms with Gasteiger partial charge in [0.25, 0.3) is 0 Å². The van der Waals surface area contributed by atoms with Crippen molar-refractivity contribution in [3.05, 3.63) is 11.6 Å². The van der Waals surface area contributed by atoms with E-state index in [4.69, 9.17) is 4.74 Å². The zero-order valence-electron chi connectivity index (χ0n) is 15.7. The number of methoxy groups -OCH3 is 1. The number of rotatable bonds is 7. The van der Waals surface area contributed by atoms with Gasteiger partial charge in [-0.15, -0.1) is 10.2 Å². The first kappa shape index (κ1) is 18.2. The van der Waals surface area contributed by atoms with Crippen LogP contribution in [0.1, 0.15) is 56.6 Å². The molecule has 0 unspecified atom stereocenters. The number of nitrogens with zero attached hydrogens (tertiary/aromatic N) is 4. The zero-order valence-corrected chi connectivity index (χ0v) is 15.7. The molecule has 140 valence electrons. The first-order valence-electron chi connectivity index (χ1n) is 9.61. The van der Waals surface area contributed by atoms with E-state index in [0.717, 1.165) is 50.1 Å². The van der Waals surface area contributed by atoms with E-state index >= 15 is 0 Å². The Hall–Kier alpha value is -1.63. The van der Waals surface area contributed by atoms with Crippen molar-refractivity contribution >= 4 is 5.96 Å². The molecule has 0 radical (unpaired) electrons. The normalized spacial score (nSPS) is 19.7. The lowest BCUT2D eigenvalue weighted by atomic mass is 9.83. The number of aryl methyl sites for hydroxylation is 1. The standard InChI is InChI=1S/C18H32N6O/c1-19-17(21-14-18(10-12-25-2)8-4-5-9-18)20-13-16-23-22-15-7-3-6-11-24(15)16/h3-14H2,1-2H3,(H2,19,20,21). The quantitative estimate of drug-likeness (QED) is 0.581. The molecule has 1 aliphatic carbocycles. The molecule has 7 nitrogen and oxygen atoms in total. The topological polar surface area (TPSA) is 76.4 Å². The summed E-state index contributed by atoms with van der Waals surface area (Å²) in [5.74, 6) is 2.97. The second-order valence-electron chi connectivity index (χ2n) is 7.37. The van der Waals surface area contributed by atoms with E-state index in [1.54, 1.807) is 7.11 Å². The van der Waals surface area contributed by atoms with E-state index in [1.807, 2.05) is 7.05 Å². The van der Waals surface area contributed by atoms with Gasteiger partial charge in [-0.2, -0.15) is 0 Å². The molecule has 1 aromatic heterocycles. The van der Waals surface area contributed by atoms with Crippen LogP contribution in [0.4, 0.5) is 0 Å². The highest BCUT2D eigenvalue weighted by atomic mass is 16.5. The van der Waals surface area contributed by atoms with E-state index in [0.29, 0.717) is 12.0 Å². The van der Waals surface area contributed by atoms with Crippen LogP contribution < -0.4 is 10.6 Å². The monoisotopic (exact) mass is 348 g/mol. The largest absolute Gasteiger partial charge is 0.385 e. The number of hydrogen-bond donors (Lipinski definition) is 2. The molecule has 0 atom stereocenters. The maximum atomic E-state index is 5.32. The van der Waals surface area contributed by atoms with Gasteiger partial charge in [0, 0.05) is 40.3 Å². The zero-order chi connectivity index (χ0) is 17.5. The van der Waals surface area contributed by atoms with E-state index in [1.165, 1.54) is 38.5 Å². The predicted molar refractivity (Wildman–Crippen MR) is 98.6 cm³/mol. The molecule has 1 aliphatic heterocycles. The average Bonchev–Trinajstić information content (AvgIpc) is 3.28. The number of guanidine groups is 1. The van der Waals surface area contributed by atoms with Crippen LogP contribution in [-0.4, -0.2) is 48.0 Å². The third kappa shape index (κ3) is 4.51. The molecule has 2 aliphatic rings. The van der Waals surface area contributed by atoms with Crippen LogP contribution in [0.25, 0.3) is 0 Å². The van der Waals surface area contributed by atoms with E-state index in [2.05, 4.69) is 30.4 Å². The minimum absolute atomic E-state index is 0.349. The van der Waals surface area contributed by atoms with Crippen molar-refractivity contribution in [2.24, 2.45) is 10.4 Å². The Bertz CT molecular complexity index is 576. The second kappa shape index (κ2) is 8.65. The van der Waals surface area contributed by atoms with Gasteiger partial charge in [-0.1, -0.05) is 12.8 Å². The van der Waals surface area contributed by atoms with Crippen molar-refractivity contribution < 1.29 is 4.74 Å². The van der Waals surface area contributed by atoms with Gasteiger partial charge in [0.05, 0.1) is 6.54 Å². The molecule has 0 saturated heterocycles.